The number of aromatic nitrogens is 1. The van der Waals surface area contributed by atoms with E-state index in [-0.39, 0.29) is 11.6 Å². The number of benzene rings is 1. The minimum atomic E-state index is -0.835. The lowest BCUT2D eigenvalue weighted by Crippen LogP contribution is -2.51. The third kappa shape index (κ3) is 4.14. The summed E-state index contributed by atoms with van der Waals surface area (Å²) in [6.07, 6.45) is 0.658. The van der Waals surface area contributed by atoms with Gasteiger partial charge in [0.1, 0.15) is 5.69 Å². The van der Waals surface area contributed by atoms with Crippen LogP contribution in [0.15, 0.2) is 42.6 Å². The number of nitrogens with zero attached hydrogens (tertiary/aromatic N) is 2. The normalized spacial score (nSPS) is 15.8. The predicted molar refractivity (Wildman–Crippen MR) is 95.9 cm³/mol. The summed E-state index contributed by atoms with van der Waals surface area (Å²) in [6, 6.07) is 11.6. The maximum absolute atomic E-state index is 12.5. The summed E-state index contributed by atoms with van der Waals surface area (Å²) in [6.45, 7) is 4.30. The van der Waals surface area contributed by atoms with Crippen LogP contribution >= 0.6 is 11.6 Å². The fourth-order valence-corrected chi connectivity index (χ4v) is 3.00. The Labute approximate surface area is 151 Å². The molecule has 0 bridgehead atoms. The Morgan fingerprint density at radius 3 is 2.44 bits per heavy atom. The molecule has 1 aromatic heterocycles. The highest BCUT2D eigenvalue weighted by molar-refractivity contribution is 6.30. The number of para-hydroxylation sites is 1. The summed E-state index contributed by atoms with van der Waals surface area (Å²) in [5.74, 6) is -0.769. The Kier molecular flexibility index (Phi) is 5.28. The second-order valence-corrected chi connectivity index (χ2v) is 6.36. The molecule has 3 rings (SSSR count). The summed E-state index contributed by atoms with van der Waals surface area (Å²) in [5.41, 5.74) is 1.39. The molecule has 0 spiro atoms. The lowest BCUT2D eigenvalue weighted by atomic mass is 10.2. The third-order valence-electron chi connectivity index (χ3n) is 4.21. The van der Waals surface area contributed by atoms with E-state index in [4.69, 9.17) is 16.3 Å². The third-order valence-corrected chi connectivity index (χ3v) is 4.43. The summed E-state index contributed by atoms with van der Waals surface area (Å²) < 4.78 is 5.24. The van der Waals surface area contributed by atoms with Gasteiger partial charge in [-0.2, -0.15) is 0 Å². The lowest BCUT2D eigenvalue weighted by molar-refractivity contribution is -0.140. The first-order valence-electron chi connectivity index (χ1n) is 8.18. The fraction of sp³-hybridized carbons (Fsp3) is 0.333. The number of rotatable bonds is 4. The Bertz CT molecular complexity index is 739. The molecule has 25 heavy (non-hydrogen) atoms. The molecule has 1 fully saturated rings. The van der Waals surface area contributed by atoms with Gasteiger partial charge in [0.15, 0.2) is 6.10 Å². The summed E-state index contributed by atoms with van der Waals surface area (Å²) >= 11 is 5.77. The van der Waals surface area contributed by atoms with E-state index in [9.17, 15) is 9.59 Å². The van der Waals surface area contributed by atoms with Crippen LogP contribution in [-0.4, -0.2) is 54.0 Å². The van der Waals surface area contributed by atoms with E-state index in [1.54, 1.807) is 11.8 Å². The number of piperazine rings is 1. The van der Waals surface area contributed by atoms with E-state index in [0.29, 0.717) is 18.1 Å². The molecule has 6 nitrogen and oxygen atoms in total. The van der Waals surface area contributed by atoms with Crippen LogP contribution < -0.4 is 4.90 Å². The molecule has 1 unspecified atom stereocenters. The standard InChI is InChI=1S/C18H20ClN3O3/c1-13(25-18(24)16-11-14(19)12-20-16)17(23)22-9-7-21(8-10-22)15-5-3-2-4-6-15/h2-6,11-13,20H,7-10H2,1H3. The second-order valence-electron chi connectivity index (χ2n) is 5.93. The van der Waals surface area contributed by atoms with Crippen LogP contribution in [0.5, 0.6) is 0 Å². The number of nitrogens with one attached hydrogen (secondary N) is 1. The van der Waals surface area contributed by atoms with E-state index in [0.717, 1.165) is 18.8 Å². The van der Waals surface area contributed by atoms with Crippen LogP contribution in [0.1, 0.15) is 17.4 Å². The van der Waals surface area contributed by atoms with E-state index < -0.39 is 12.1 Å². The molecule has 1 atom stereocenters. The molecule has 1 saturated heterocycles. The molecule has 0 saturated carbocycles. The molecule has 1 amide bonds. The van der Waals surface area contributed by atoms with Crippen LogP contribution in [-0.2, 0) is 9.53 Å². The first-order valence-corrected chi connectivity index (χ1v) is 8.56. The van der Waals surface area contributed by atoms with Gasteiger partial charge in [0.2, 0.25) is 0 Å². The quantitative estimate of drug-likeness (QED) is 0.850. The Balaban J connectivity index is 1.52. The highest BCUT2D eigenvalue weighted by Crippen LogP contribution is 2.17. The molecule has 1 aromatic carbocycles. The average Bonchev–Trinajstić information content (AvgIpc) is 3.08. The number of carbonyl (C=O) groups excluding carboxylic acids is 2. The van der Waals surface area contributed by atoms with Gasteiger partial charge in [0, 0.05) is 38.1 Å². The van der Waals surface area contributed by atoms with Crippen molar-refractivity contribution in [3.8, 4) is 0 Å². The number of amides is 1. The van der Waals surface area contributed by atoms with Crippen LogP contribution in [0, 0.1) is 0 Å². The van der Waals surface area contributed by atoms with E-state index in [1.165, 1.54) is 12.3 Å². The molecule has 7 heteroatoms. The molecule has 132 valence electrons. The number of anilines is 1. The molecular formula is C18H20ClN3O3. The highest BCUT2D eigenvalue weighted by atomic mass is 35.5. The first kappa shape index (κ1) is 17.4. The number of esters is 1. The average molecular weight is 362 g/mol. The maximum Gasteiger partial charge on any atom is 0.355 e. The number of halogens is 1. The zero-order chi connectivity index (χ0) is 17.8. The monoisotopic (exact) mass is 361 g/mol. The van der Waals surface area contributed by atoms with Crippen molar-refractivity contribution in [1.82, 2.24) is 9.88 Å². The Morgan fingerprint density at radius 1 is 1.16 bits per heavy atom. The number of ether oxygens (including phenoxy) is 1. The predicted octanol–water partition coefficient (Wildman–Crippen LogP) is 2.56. The number of aromatic amines is 1. The van der Waals surface area contributed by atoms with Crippen molar-refractivity contribution in [2.45, 2.75) is 13.0 Å². The van der Waals surface area contributed by atoms with Crippen molar-refractivity contribution in [1.29, 1.82) is 0 Å². The van der Waals surface area contributed by atoms with Crippen LogP contribution in [0.4, 0.5) is 5.69 Å². The Morgan fingerprint density at radius 2 is 1.84 bits per heavy atom. The van der Waals surface area contributed by atoms with Gasteiger partial charge < -0.3 is 19.5 Å². The second kappa shape index (κ2) is 7.61. The summed E-state index contributed by atoms with van der Waals surface area (Å²) in [4.78, 5) is 31.2. The largest absolute Gasteiger partial charge is 0.448 e. The lowest BCUT2D eigenvalue weighted by Gasteiger charge is -2.37. The maximum atomic E-state index is 12.5. The summed E-state index contributed by atoms with van der Waals surface area (Å²) in [5, 5.41) is 0.419. The molecule has 1 aliphatic rings. The van der Waals surface area contributed by atoms with Gasteiger partial charge in [-0.15, -0.1) is 0 Å². The fourth-order valence-electron chi connectivity index (χ4n) is 2.84. The van der Waals surface area contributed by atoms with E-state index in [2.05, 4.69) is 22.0 Å². The zero-order valence-electron chi connectivity index (χ0n) is 13.9. The number of hydrogen-bond acceptors (Lipinski definition) is 4. The van der Waals surface area contributed by atoms with Gasteiger partial charge in [-0.25, -0.2) is 4.79 Å². The van der Waals surface area contributed by atoms with Crippen molar-refractivity contribution >= 4 is 29.2 Å². The zero-order valence-corrected chi connectivity index (χ0v) is 14.7. The van der Waals surface area contributed by atoms with Crippen LogP contribution in [0.2, 0.25) is 5.02 Å². The van der Waals surface area contributed by atoms with Gasteiger partial charge >= 0.3 is 5.97 Å². The van der Waals surface area contributed by atoms with Crippen molar-refractivity contribution in [3.05, 3.63) is 53.3 Å². The van der Waals surface area contributed by atoms with E-state index in [1.807, 2.05) is 18.2 Å². The van der Waals surface area contributed by atoms with Crippen molar-refractivity contribution in [2.24, 2.45) is 0 Å². The van der Waals surface area contributed by atoms with Gasteiger partial charge in [-0.05, 0) is 25.1 Å². The van der Waals surface area contributed by atoms with Crippen LogP contribution in [0.3, 0.4) is 0 Å². The topological polar surface area (TPSA) is 65.6 Å². The van der Waals surface area contributed by atoms with Gasteiger partial charge in [0.05, 0.1) is 5.02 Å². The van der Waals surface area contributed by atoms with Gasteiger partial charge in [0.25, 0.3) is 5.91 Å². The number of H-pyrrole nitrogens is 1. The minimum absolute atomic E-state index is 0.182. The highest BCUT2D eigenvalue weighted by Gasteiger charge is 2.27. The molecule has 1 N–H and O–H groups in total. The van der Waals surface area contributed by atoms with Crippen LogP contribution in [0.25, 0.3) is 0 Å². The molecule has 2 heterocycles. The smallest absolute Gasteiger partial charge is 0.355 e. The van der Waals surface area contributed by atoms with E-state index >= 15 is 0 Å². The van der Waals surface area contributed by atoms with Gasteiger partial charge in [-0.1, -0.05) is 29.8 Å². The van der Waals surface area contributed by atoms with Gasteiger partial charge in [-0.3, -0.25) is 4.79 Å². The minimum Gasteiger partial charge on any atom is -0.448 e. The van der Waals surface area contributed by atoms with Crippen molar-refractivity contribution in [3.63, 3.8) is 0 Å². The Hall–Kier alpha value is -2.47. The molecule has 1 aliphatic heterocycles. The molecular weight excluding hydrogens is 342 g/mol. The number of carbonyl (C=O) groups is 2. The SMILES string of the molecule is CC(OC(=O)c1cc(Cl)c[nH]1)C(=O)N1CCN(c2ccccc2)CC1. The van der Waals surface area contributed by atoms with Crippen molar-refractivity contribution in [2.75, 3.05) is 31.1 Å². The first-order chi connectivity index (χ1) is 12.0. The van der Waals surface area contributed by atoms with Crippen molar-refractivity contribution < 1.29 is 14.3 Å². The number of hydrogen-bond donors (Lipinski definition) is 1. The molecule has 2 aromatic rings. The summed E-state index contributed by atoms with van der Waals surface area (Å²) in [7, 11) is 0. The molecule has 0 radical (unpaired) electrons. The molecule has 0 aliphatic carbocycles.